The molecule has 1 atom stereocenters. The van der Waals surface area contributed by atoms with Gasteiger partial charge in [0.05, 0.1) is 6.04 Å². The van der Waals surface area contributed by atoms with Gasteiger partial charge in [0, 0.05) is 38.3 Å². The number of halogens is 1. The summed E-state index contributed by atoms with van der Waals surface area (Å²) in [6, 6.07) is 4.53. The molecule has 0 aromatic heterocycles. The van der Waals surface area contributed by atoms with E-state index in [1.165, 1.54) is 6.07 Å². The number of piperazine rings is 1. The summed E-state index contributed by atoms with van der Waals surface area (Å²) in [5, 5.41) is 2.84. The maximum atomic E-state index is 13.6. The maximum absolute atomic E-state index is 13.6. The van der Waals surface area contributed by atoms with Crippen molar-refractivity contribution in [1.29, 1.82) is 0 Å². The second-order valence-corrected chi connectivity index (χ2v) is 5.89. The first-order valence-electron chi connectivity index (χ1n) is 7.63. The number of nitrogens with zero attached hydrogens (tertiary/aromatic N) is 2. The zero-order valence-electron chi connectivity index (χ0n) is 12.6. The summed E-state index contributed by atoms with van der Waals surface area (Å²) in [5.74, 6) is -0.415. The third-order valence-electron chi connectivity index (χ3n) is 4.48. The molecule has 2 heterocycles. The topological polar surface area (TPSA) is 52.7 Å². The number of benzene rings is 1. The lowest BCUT2D eigenvalue weighted by molar-refractivity contribution is -0.124. The Hall–Kier alpha value is -1.95. The molecule has 0 spiro atoms. The van der Waals surface area contributed by atoms with Crippen molar-refractivity contribution < 1.29 is 14.0 Å². The molecule has 2 saturated heterocycles. The molecule has 0 bridgehead atoms. The first-order valence-corrected chi connectivity index (χ1v) is 7.63. The summed E-state index contributed by atoms with van der Waals surface area (Å²) in [6.07, 6.45) is 0.829. The van der Waals surface area contributed by atoms with Gasteiger partial charge >= 0.3 is 0 Å². The fourth-order valence-electron chi connectivity index (χ4n) is 3.07. The first-order chi connectivity index (χ1) is 10.6. The molecule has 6 heteroatoms. The first kappa shape index (κ1) is 15.0. The summed E-state index contributed by atoms with van der Waals surface area (Å²) >= 11 is 0. The van der Waals surface area contributed by atoms with Crippen LogP contribution in [0.1, 0.15) is 22.3 Å². The molecule has 2 amide bonds. The van der Waals surface area contributed by atoms with Gasteiger partial charge in [-0.05, 0) is 31.0 Å². The van der Waals surface area contributed by atoms with Crippen molar-refractivity contribution in [1.82, 2.24) is 15.1 Å². The minimum atomic E-state index is -0.355. The van der Waals surface area contributed by atoms with Gasteiger partial charge in [-0.15, -0.1) is 0 Å². The number of hydrogen-bond acceptors (Lipinski definition) is 3. The molecular formula is C16H20FN3O2. The van der Waals surface area contributed by atoms with Gasteiger partial charge < -0.3 is 10.2 Å². The van der Waals surface area contributed by atoms with Gasteiger partial charge in [0.2, 0.25) is 5.91 Å². The maximum Gasteiger partial charge on any atom is 0.254 e. The average molecular weight is 305 g/mol. The molecule has 2 fully saturated rings. The van der Waals surface area contributed by atoms with Gasteiger partial charge in [0.25, 0.3) is 5.91 Å². The lowest BCUT2D eigenvalue weighted by Gasteiger charge is -2.37. The van der Waals surface area contributed by atoms with E-state index in [4.69, 9.17) is 0 Å². The minimum Gasteiger partial charge on any atom is -0.355 e. The largest absolute Gasteiger partial charge is 0.355 e. The summed E-state index contributed by atoms with van der Waals surface area (Å²) in [7, 11) is 0. The Kier molecular flexibility index (Phi) is 4.11. The van der Waals surface area contributed by atoms with Crippen LogP contribution in [0.4, 0.5) is 4.39 Å². The average Bonchev–Trinajstić information content (AvgIpc) is 2.95. The van der Waals surface area contributed by atoms with E-state index in [1.807, 2.05) is 0 Å². The third-order valence-corrected chi connectivity index (χ3v) is 4.48. The van der Waals surface area contributed by atoms with Crippen molar-refractivity contribution in [3.05, 3.63) is 35.1 Å². The minimum absolute atomic E-state index is 0.0610. The van der Waals surface area contributed by atoms with Crippen LogP contribution in [0.3, 0.4) is 0 Å². The van der Waals surface area contributed by atoms with Crippen molar-refractivity contribution in [3.63, 3.8) is 0 Å². The van der Waals surface area contributed by atoms with E-state index in [-0.39, 0.29) is 23.7 Å². The van der Waals surface area contributed by atoms with Gasteiger partial charge in [-0.25, -0.2) is 4.39 Å². The quantitative estimate of drug-likeness (QED) is 0.878. The summed E-state index contributed by atoms with van der Waals surface area (Å²) < 4.78 is 13.6. The van der Waals surface area contributed by atoms with Crippen LogP contribution < -0.4 is 5.32 Å². The highest BCUT2D eigenvalue weighted by Crippen LogP contribution is 2.16. The van der Waals surface area contributed by atoms with E-state index in [0.29, 0.717) is 37.3 Å². The molecule has 3 rings (SSSR count). The molecule has 1 N–H and O–H groups in total. The number of hydrogen-bond donors (Lipinski definition) is 1. The summed E-state index contributed by atoms with van der Waals surface area (Å²) in [5.41, 5.74) is 0.920. The number of nitrogens with one attached hydrogen (secondary N) is 1. The van der Waals surface area contributed by atoms with E-state index in [0.717, 1.165) is 13.0 Å². The second kappa shape index (κ2) is 6.04. The normalized spacial score (nSPS) is 22.7. The van der Waals surface area contributed by atoms with Crippen LogP contribution in [-0.4, -0.2) is 60.4 Å². The molecule has 2 aliphatic heterocycles. The Morgan fingerprint density at radius 3 is 2.59 bits per heavy atom. The van der Waals surface area contributed by atoms with Crippen molar-refractivity contribution in [2.24, 2.45) is 0 Å². The lowest BCUT2D eigenvalue weighted by Crippen LogP contribution is -2.53. The Labute approximate surface area is 129 Å². The summed E-state index contributed by atoms with van der Waals surface area (Å²) in [6.45, 7) is 4.90. The Morgan fingerprint density at radius 2 is 2.00 bits per heavy atom. The van der Waals surface area contributed by atoms with E-state index >= 15 is 0 Å². The molecule has 118 valence electrons. The van der Waals surface area contributed by atoms with Crippen molar-refractivity contribution in [2.75, 3.05) is 32.7 Å². The fourth-order valence-corrected chi connectivity index (χ4v) is 3.07. The molecule has 0 radical (unpaired) electrons. The SMILES string of the molecule is Cc1ccc(C(=O)N2CCN([C@H]3CCNC3=O)CC2)cc1F. The highest BCUT2D eigenvalue weighted by atomic mass is 19.1. The van der Waals surface area contributed by atoms with Crippen LogP contribution in [0.25, 0.3) is 0 Å². The molecule has 0 aliphatic carbocycles. The highest BCUT2D eigenvalue weighted by Gasteiger charge is 2.33. The molecular weight excluding hydrogens is 285 g/mol. The van der Waals surface area contributed by atoms with E-state index in [9.17, 15) is 14.0 Å². The van der Waals surface area contributed by atoms with E-state index in [2.05, 4.69) is 10.2 Å². The monoisotopic (exact) mass is 305 g/mol. The van der Waals surface area contributed by atoms with Gasteiger partial charge in [-0.1, -0.05) is 6.07 Å². The van der Waals surface area contributed by atoms with Gasteiger partial charge in [0.15, 0.2) is 0 Å². The van der Waals surface area contributed by atoms with Crippen LogP contribution in [0.15, 0.2) is 18.2 Å². The standard InChI is InChI=1S/C16H20FN3O2/c1-11-2-3-12(10-13(11)17)16(22)20-8-6-19(7-9-20)14-4-5-18-15(14)21/h2-3,10,14H,4-9H2,1H3,(H,18,21)/t14-/m0/s1. The molecule has 1 aromatic carbocycles. The van der Waals surface area contributed by atoms with Gasteiger partial charge in [-0.2, -0.15) is 0 Å². The Bertz CT molecular complexity index is 597. The van der Waals surface area contributed by atoms with Gasteiger partial charge in [0.1, 0.15) is 5.82 Å². The molecule has 0 unspecified atom stereocenters. The molecule has 2 aliphatic rings. The number of carbonyl (C=O) groups is 2. The lowest BCUT2D eigenvalue weighted by atomic mass is 10.1. The van der Waals surface area contributed by atoms with Crippen LogP contribution >= 0.6 is 0 Å². The number of rotatable bonds is 2. The number of aryl methyl sites for hydroxylation is 1. The predicted octanol–water partition coefficient (Wildman–Crippen LogP) is 0.780. The van der Waals surface area contributed by atoms with Crippen molar-refractivity contribution in [2.45, 2.75) is 19.4 Å². The fraction of sp³-hybridized carbons (Fsp3) is 0.500. The number of amides is 2. The van der Waals surface area contributed by atoms with E-state index in [1.54, 1.807) is 24.0 Å². The van der Waals surface area contributed by atoms with Crippen LogP contribution in [0.5, 0.6) is 0 Å². The molecule has 5 nitrogen and oxygen atoms in total. The third kappa shape index (κ3) is 2.83. The number of carbonyl (C=O) groups excluding carboxylic acids is 2. The molecule has 0 saturated carbocycles. The molecule has 22 heavy (non-hydrogen) atoms. The van der Waals surface area contributed by atoms with Crippen molar-refractivity contribution >= 4 is 11.8 Å². The van der Waals surface area contributed by atoms with Crippen LogP contribution in [-0.2, 0) is 4.79 Å². The Morgan fingerprint density at radius 1 is 1.27 bits per heavy atom. The Balaban J connectivity index is 1.62. The second-order valence-electron chi connectivity index (χ2n) is 5.89. The summed E-state index contributed by atoms with van der Waals surface area (Å²) in [4.78, 5) is 28.0. The van der Waals surface area contributed by atoms with Gasteiger partial charge in [-0.3, -0.25) is 14.5 Å². The van der Waals surface area contributed by atoms with Crippen molar-refractivity contribution in [3.8, 4) is 0 Å². The van der Waals surface area contributed by atoms with Crippen LogP contribution in [0.2, 0.25) is 0 Å². The molecule has 1 aromatic rings. The van der Waals surface area contributed by atoms with Crippen LogP contribution in [0, 0.1) is 12.7 Å². The smallest absolute Gasteiger partial charge is 0.254 e. The zero-order valence-corrected chi connectivity index (χ0v) is 12.6. The van der Waals surface area contributed by atoms with E-state index < -0.39 is 0 Å². The zero-order chi connectivity index (χ0) is 15.7. The predicted molar refractivity (Wildman–Crippen MR) is 80.0 cm³/mol. The highest BCUT2D eigenvalue weighted by molar-refractivity contribution is 5.94.